The fraction of sp³-hybridized carbons (Fsp3) is 0.429. The van der Waals surface area contributed by atoms with Gasteiger partial charge in [-0.05, 0) is 25.3 Å². The lowest BCUT2D eigenvalue weighted by molar-refractivity contribution is 0.0946. The molecule has 1 aliphatic carbocycles. The lowest BCUT2D eigenvalue weighted by Gasteiger charge is -2.35. The number of hydrogen-bond acceptors (Lipinski definition) is 6. The molecule has 1 saturated carbocycles. The van der Waals surface area contributed by atoms with Gasteiger partial charge in [0.05, 0.1) is 34.8 Å². The highest BCUT2D eigenvalue weighted by atomic mass is 32.2. The lowest BCUT2D eigenvalue weighted by atomic mass is 10.0. The Labute approximate surface area is 196 Å². The number of aromatic nitrogens is 3. The number of rotatable bonds is 6. The zero-order valence-electron chi connectivity index (χ0n) is 18.0. The zero-order valence-corrected chi connectivity index (χ0v) is 18.8. The van der Waals surface area contributed by atoms with E-state index in [1.807, 2.05) is 0 Å². The molecular formula is C21H20F5N5O3S. The number of β-amino-alcohol motifs (C(OH)–C–C–N with tert-alkyl or cyclic N) is 1. The average molecular weight is 517 g/mol. The van der Waals surface area contributed by atoms with Crippen LogP contribution in [0, 0.1) is 17.5 Å². The second-order valence-corrected chi connectivity index (χ2v) is 10.8. The summed E-state index contributed by atoms with van der Waals surface area (Å²) in [5.41, 5.74) is -1.95. The van der Waals surface area contributed by atoms with Crippen LogP contribution in [0.5, 0.6) is 0 Å². The molecule has 188 valence electrons. The van der Waals surface area contributed by atoms with Crippen LogP contribution in [0.3, 0.4) is 0 Å². The zero-order chi connectivity index (χ0) is 25.1. The van der Waals surface area contributed by atoms with E-state index in [9.17, 15) is 35.5 Å². The fourth-order valence-electron chi connectivity index (χ4n) is 4.18. The number of anilines is 1. The number of sulfonamides is 1. The minimum atomic E-state index is -3.44. The number of nitrogens with one attached hydrogen (secondary N) is 1. The first kappa shape index (κ1) is 23.9. The molecule has 1 aliphatic heterocycles. The second-order valence-electron chi connectivity index (χ2n) is 8.62. The number of benzene rings is 1. The number of nitrogens with zero attached hydrogens (tertiary/aromatic N) is 4. The molecule has 0 radical (unpaired) electrons. The van der Waals surface area contributed by atoms with Crippen molar-refractivity contribution < 1.29 is 35.5 Å². The van der Waals surface area contributed by atoms with Crippen molar-refractivity contribution in [2.24, 2.45) is 0 Å². The van der Waals surface area contributed by atoms with E-state index >= 15 is 0 Å². The summed E-state index contributed by atoms with van der Waals surface area (Å²) >= 11 is 0. The maximum atomic E-state index is 14.5. The molecule has 3 aromatic rings. The summed E-state index contributed by atoms with van der Waals surface area (Å²) in [6.45, 7) is 0.0652. The summed E-state index contributed by atoms with van der Waals surface area (Å²) < 4.78 is 96.0. The molecule has 0 unspecified atom stereocenters. The normalized spacial score (nSPS) is 21.7. The molecular weight excluding hydrogens is 497 g/mol. The van der Waals surface area contributed by atoms with E-state index in [0.29, 0.717) is 25.0 Å². The van der Waals surface area contributed by atoms with E-state index in [4.69, 9.17) is 0 Å². The van der Waals surface area contributed by atoms with Crippen molar-refractivity contribution in [3.63, 3.8) is 0 Å². The Hall–Kier alpha value is -2.84. The quantitative estimate of drug-likeness (QED) is 0.488. The second kappa shape index (κ2) is 8.68. The van der Waals surface area contributed by atoms with Crippen molar-refractivity contribution in [3.8, 4) is 11.3 Å². The van der Waals surface area contributed by atoms with E-state index in [1.54, 1.807) is 0 Å². The molecule has 2 N–H and O–H groups in total. The van der Waals surface area contributed by atoms with Gasteiger partial charge in [-0.2, -0.15) is 4.31 Å². The van der Waals surface area contributed by atoms with Crippen LogP contribution in [0.15, 0.2) is 24.4 Å². The van der Waals surface area contributed by atoms with Crippen LogP contribution in [0.4, 0.5) is 27.9 Å². The van der Waals surface area contributed by atoms with Crippen LogP contribution in [-0.2, 0) is 10.0 Å². The molecule has 1 aromatic carbocycles. The average Bonchev–Trinajstić information content (AvgIpc) is 3.60. The summed E-state index contributed by atoms with van der Waals surface area (Å²) in [4.78, 5) is 3.99. The number of piperidine rings is 1. The Kier molecular flexibility index (Phi) is 5.92. The van der Waals surface area contributed by atoms with Gasteiger partial charge in [-0.3, -0.25) is 0 Å². The minimum Gasteiger partial charge on any atom is -0.390 e. The van der Waals surface area contributed by atoms with Gasteiger partial charge in [-0.25, -0.2) is 39.9 Å². The van der Waals surface area contributed by atoms with Crippen LogP contribution in [0.2, 0.25) is 0 Å². The first-order valence-electron chi connectivity index (χ1n) is 10.8. The SMILES string of the molecule is O=S(=O)(C1CC1)N1CC[C@@H](Nc2ncc3c(F)cc(-c4cc(C(F)F)c(F)cc4F)n3n2)[C@H](O)C1. The smallest absolute Gasteiger partial charge is 0.266 e. The molecule has 0 spiro atoms. The van der Waals surface area contributed by atoms with Gasteiger partial charge in [0.1, 0.15) is 17.2 Å². The predicted octanol–water partition coefficient (Wildman–Crippen LogP) is 3.09. The molecule has 0 amide bonds. The van der Waals surface area contributed by atoms with Crippen molar-refractivity contribution in [3.05, 3.63) is 47.4 Å². The third-order valence-corrected chi connectivity index (χ3v) is 8.60. The van der Waals surface area contributed by atoms with Crippen LogP contribution >= 0.6 is 0 Å². The summed E-state index contributed by atoms with van der Waals surface area (Å²) in [5.74, 6) is -3.55. The van der Waals surface area contributed by atoms with Gasteiger partial charge in [0.25, 0.3) is 6.43 Å². The molecule has 2 atom stereocenters. The molecule has 35 heavy (non-hydrogen) atoms. The number of aliphatic hydroxyl groups excluding tert-OH is 1. The molecule has 1 saturated heterocycles. The number of halogens is 5. The molecule has 3 heterocycles. The summed E-state index contributed by atoms with van der Waals surface area (Å²) in [7, 11) is -3.44. The summed E-state index contributed by atoms with van der Waals surface area (Å²) in [5, 5.41) is 17.1. The molecule has 2 fully saturated rings. The van der Waals surface area contributed by atoms with Crippen LogP contribution in [-0.4, -0.2) is 62.9 Å². The highest BCUT2D eigenvalue weighted by Gasteiger charge is 2.43. The van der Waals surface area contributed by atoms with Crippen molar-refractivity contribution in [1.29, 1.82) is 0 Å². The van der Waals surface area contributed by atoms with Gasteiger partial charge >= 0.3 is 0 Å². The van der Waals surface area contributed by atoms with Gasteiger partial charge < -0.3 is 10.4 Å². The molecule has 0 bridgehead atoms. The Bertz CT molecular complexity index is 1400. The third kappa shape index (κ3) is 4.34. The van der Waals surface area contributed by atoms with Gasteiger partial charge in [-0.15, -0.1) is 5.10 Å². The summed E-state index contributed by atoms with van der Waals surface area (Å²) in [6, 6.07) is 1.14. The molecule has 2 aromatic heterocycles. The highest BCUT2D eigenvalue weighted by molar-refractivity contribution is 7.90. The van der Waals surface area contributed by atoms with Gasteiger partial charge in [-0.1, -0.05) is 0 Å². The number of fused-ring (bicyclic) bond motifs is 1. The Morgan fingerprint density at radius 1 is 1.06 bits per heavy atom. The first-order chi connectivity index (χ1) is 16.6. The molecule has 8 nitrogen and oxygen atoms in total. The topological polar surface area (TPSA) is 99.8 Å². The van der Waals surface area contributed by atoms with E-state index in [0.717, 1.165) is 16.8 Å². The maximum Gasteiger partial charge on any atom is 0.266 e. The molecule has 2 aliphatic rings. The lowest BCUT2D eigenvalue weighted by Crippen LogP contribution is -2.52. The number of alkyl halides is 2. The van der Waals surface area contributed by atoms with E-state index in [1.165, 1.54) is 4.31 Å². The standard InChI is InChI=1S/C21H20F5N5O3S/c22-13-6-14(23)12(20(25)26)5-11(13)17-7-15(24)18-8-27-21(29-31(17)18)28-16-3-4-30(9-19(16)32)35(33,34)10-1-2-10/h5-8,10,16,19-20,32H,1-4,9H2,(H,28,29)/t16-,19-/m1/s1. The van der Waals surface area contributed by atoms with E-state index < -0.39 is 62.4 Å². The third-order valence-electron chi connectivity index (χ3n) is 6.23. The number of hydrogen-bond donors (Lipinski definition) is 2. The molecule has 14 heteroatoms. The van der Waals surface area contributed by atoms with Crippen molar-refractivity contribution in [2.45, 2.75) is 43.1 Å². The Morgan fingerprint density at radius 2 is 1.80 bits per heavy atom. The van der Waals surface area contributed by atoms with Crippen molar-refractivity contribution >= 4 is 21.5 Å². The first-order valence-corrected chi connectivity index (χ1v) is 12.3. The minimum absolute atomic E-state index is 0.0893. The maximum absolute atomic E-state index is 14.5. The van der Waals surface area contributed by atoms with Crippen molar-refractivity contribution in [2.75, 3.05) is 18.4 Å². The van der Waals surface area contributed by atoms with Gasteiger partial charge in [0, 0.05) is 30.8 Å². The van der Waals surface area contributed by atoms with Gasteiger partial charge in [0.2, 0.25) is 16.0 Å². The van der Waals surface area contributed by atoms with Crippen LogP contribution in [0.1, 0.15) is 31.3 Å². The Balaban J connectivity index is 1.43. The predicted molar refractivity (Wildman–Crippen MR) is 115 cm³/mol. The van der Waals surface area contributed by atoms with Gasteiger partial charge in [0.15, 0.2) is 5.82 Å². The monoisotopic (exact) mass is 517 g/mol. The Morgan fingerprint density at radius 3 is 2.46 bits per heavy atom. The molecule has 5 rings (SSSR count). The summed E-state index contributed by atoms with van der Waals surface area (Å²) in [6.07, 6.45) is -1.76. The fourth-order valence-corrected chi connectivity index (χ4v) is 6.06. The van der Waals surface area contributed by atoms with Crippen LogP contribution < -0.4 is 5.32 Å². The van der Waals surface area contributed by atoms with Crippen LogP contribution in [0.25, 0.3) is 16.8 Å². The highest BCUT2D eigenvalue weighted by Crippen LogP contribution is 2.34. The number of aliphatic hydroxyl groups is 1. The largest absolute Gasteiger partial charge is 0.390 e. The van der Waals surface area contributed by atoms with E-state index in [-0.39, 0.29) is 36.7 Å². The van der Waals surface area contributed by atoms with E-state index in [2.05, 4.69) is 15.4 Å². The van der Waals surface area contributed by atoms with Crippen molar-refractivity contribution in [1.82, 2.24) is 18.9 Å².